The van der Waals surface area contributed by atoms with Gasteiger partial charge in [-0.2, -0.15) is 14.4 Å². The van der Waals surface area contributed by atoms with Crippen molar-refractivity contribution in [1.29, 1.82) is 0 Å². The minimum atomic E-state index is -0.724. The van der Waals surface area contributed by atoms with E-state index in [9.17, 15) is 4.39 Å². The smallest absolute Gasteiger partial charge is 0.312 e. The number of hydrogen-bond donors (Lipinski definition) is 1. The Bertz CT molecular complexity index is 531. The van der Waals surface area contributed by atoms with Crippen LogP contribution in [0.1, 0.15) is 0 Å². The fourth-order valence-corrected chi connectivity index (χ4v) is 2.04. The van der Waals surface area contributed by atoms with Crippen LogP contribution >= 0.6 is 0 Å². The van der Waals surface area contributed by atoms with Crippen LogP contribution < -0.4 is 4.90 Å². The third kappa shape index (κ3) is 1.82. The number of halogens is 1. The van der Waals surface area contributed by atoms with Gasteiger partial charge in [0, 0.05) is 26.2 Å². The molecule has 0 aliphatic carbocycles. The zero-order valence-corrected chi connectivity index (χ0v) is 9.52. The first-order valence-electron chi connectivity index (χ1n) is 5.54. The summed E-state index contributed by atoms with van der Waals surface area (Å²) >= 11 is 0. The number of anilines is 1. The first-order chi connectivity index (χ1) is 8.24. The Hall–Kier alpha value is -1.76. The molecule has 0 bridgehead atoms. The molecule has 1 N–H and O–H groups in total. The average Bonchev–Trinajstić information content (AvgIpc) is 2.77. The average molecular weight is 236 g/mol. The molecule has 7 heteroatoms. The molecular formula is C10H13FN6. The number of aromatic nitrogens is 4. The van der Waals surface area contributed by atoms with E-state index in [-0.39, 0.29) is 0 Å². The van der Waals surface area contributed by atoms with Gasteiger partial charge in [-0.1, -0.05) is 0 Å². The Morgan fingerprint density at radius 2 is 2.00 bits per heavy atom. The van der Waals surface area contributed by atoms with Gasteiger partial charge in [0.05, 0.1) is 6.33 Å². The molecular weight excluding hydrogens is 223 g/mol. The highest BCUT2D eigenvalue weighted by Gasteiger charge is 2.20. The maximum absolute atomic E-state index is 13.3. The number of nitrogens with one attached hydrogen (secondary N) is 1. The molecule has 1 aliphatic heterocycles. The van der Waals surface area contributed by atoms with Gasteiger partial charge in [0.25, 0.3) is 0 Å². The van der Waals surface area contributed by atoms with Crippen LogP contribution in [-0.2, 0) is 0 Å². The molecule has 1 fully saturated rings. The van der Waals surface area contributed by atoms with Crippen LogP contribution in [0, 0.1) is 6.08 Å². The predicted molar refractivity (Wildman–Crippen MR) is 61.4 cm³/mol. The van der Waals surface area contributed by atoms with Crippen molar-refractivity contribution in [2.45, 2.75) is 0 Å². The minimum absolute atomic E-state index is 0.381. The summed E-state index contributed by atoms with van der Waals surface area (Å²) in [6.07, 6.45) is 0.789. The van der Waals surface area contributed by atoms with Gasteiger partial charge in [-0.3, -0.25) is 0 Å². The van der Waals surface area contributed by atoms with E-state index >= 15 is 0 Å². The first kappa shape index (κ1) is 10.4. The molecule has 3 rings (SSSR count). The van der Waals surface area contributed by atoms with E-state index < -0.39 is 6.08 Å². The normalized spacial score (nSPS) is 17.9. The zero-order valence-electron chi connectivity index (χ0n) is 9.52. The van der Waals surface area contributed by atoms with Gasteiger partial charge >= 0.3 is 6.08 Å². The molecule has 17 heavy (non-hydrogen) atoms. The molecule has 1 aliphatic rings. The van der Waals surface area contributed by atoms with E-state index in [1.165, 1.54) is 6.33 Å². The lowest BCUT2D eigenvalue weighted by Crippen LogP contribution is -2.45. The minimum Gasteiger partial charge on any atom is -0.352 e. The summed E-state index contributed by atoms with van der Waals surface area (Å²) in [5, 5.41) is 0. The van der Waals surface area contributed by atoms with Gasteiger partial charge < -0.3 is 14.8 Å². The zero-order chi connectivity index (χ0) is 11.8. The highest BCUT2D eigenvalue weighted by Crippen LogP contribution is 2.21. The van der Waals surface area contributed by atoms with E-state index in [1.807, 2.05) is 0 Å². The fraction of sp³-hybridized carbons (Fsp3) is 0.500. The summed E-state index contributed by atoms with van der Waals surface area (Å²) in [4.78, 5) is 18.8. The van der Waals surface area contributed by atoms with Crippen LogP contribution in [0.3, 0.4) is 0 Å². The van der Waals surface area contributed by atoms with Crippen molar-refractivity contribution in [2.24, 2.45) is 0 Å². The lowest BCUT2D eigenvalue weighted by Gasteiger charge is -2.33. The van der Waals surface area contributed by atoms with Crippen molar-refractivity contribution in [1.82, 2.24) is 24.8 Å². The van der Waals surface area contributed by atoms with Crippen molar-refractivity contribution in [3.63, 3.8) is 0 Å². The first-order valence-corrected chi connectivity index (χ1v) is 5.54. The largest absolute Gasteiger partial charge is 0.352 e. The predicted octanol–water partition coefficient (Wildman–Crippen LogP) is 0.244. The van der Waals surface area contributed by atoms with Gasteiger partial charge in [-0.25, -0.2) is 4.98 Å². The number of hydrogen-bond acceptors (Lipinski definition) is 5. The molecule has 3 heterocycles. The van der Waals surface area contributed by atoms with Gasteiger partial charge in [0.1, 0.15) is 5.52 Å². The highest BCUT2D eigenvalue weighted by molar-refractivity contribution is 5.82. The third-order valence-electron chi connectivity index (χ3n) is 3.04. The Morgan fingerprint density at radius 3 is 2.76 bits per heavy atom. The topological polar surface area (TPSA) is 60.9 Å². The SMILES string of the molecule is CN1CCN(c2nc(F)nc3nc[nH]c23)CC1. The van der Waals surface area contributed by atoms with Crippen molar-refractivity contribution < 1.29 is 4.39 Å². The Balaban J connectivity index is 2.01. The summed E-state index contributed by atoms with van der Waals surface area (Å²) in [5.74, 6) is 0.609. The maximum Gasteiger partial charge on any atom is 0.312 e. The standard InChI is InChI=1S/C10H13FN6/c1-16-2-4-17(5-3-16)9-7-8(13-6-12-7)14-10(11)15-9/h6H,2-5H2,1H3,(H,12,13,14,15). The number of aromatic amines is 1. The van der Waals surface area contributed by atoms with Crippen LogP contribution in [0.25, 0.3) is 11.2 Å². The number of H-pyrrole nitrogens is 1. The number of rotatable bonds is 1. The van der Waals surface area contributed by atoms with Crippen LogP contribution in [0.15, 0.2) is 6.33 Å². The second kappa shape index (κ2) is 3.92. The summed E-state index contributed by atoms with van der Waals surface area (Å²) in [7, 11) is 2.07. The van der Waals surface area contributed by atoms with Crippen LogP contribution in [-0.4, -0.2) is 58.1 Å². The molecule has 0 saturated carbocycles. The Morgan fingerprint density at radius 1 is 1.24 bits per heavy atom. The van der Waals surface area contributed by atoms with Crippen molar-refractivity contribution >= 4 is 17.0 Å². The molecule has 0 radical (unpaired) electrons. The molecule has 0 atom stereocenters. The van der Waals surface area contributed by atoms with Crippen LogP contribution in [0.4, 0.5) is 10.2 Å². The molecule has 90 valence electrons. The molecule has 0 amide bonds. The summed E-state index contributed by atoms with van der Waals surface area (Å²) in [5.41, 5.74) is 1.09. The lowest BCUT2D eigenvalue weighted by atomic mass is 10.3. The van der Waals surface area contributed by atoms with Crippen LogP contribution in [0.5, 0.6) is 0 Å². The number of imidazole rings is 1. The van der Waals surface area contributed by atoms with E-state index in [1.54, 1.807) is 0 Å². The van der Waals surface area contributed by atoms with Gasteiger partial charge in [-0.15, -0.1) is 0 Å². The number of fused-ring (bicyclic) bond motifs is 1. The summed E-state index contributed by atoms with van der Waals surface area (Å²) < 4.78 is 13.3. The molecule has 0 spiro atoms. The fourth-order valence-electron chi connectivity index (χ4n) is 2.04. The monoisotopic (exact) mass is 236 g/mol. The molecule has 2 aromatic heterocycles. The van der Waals surface area contributed by atoms with Crippen molar-refractivity contribution in [2.75, 3.05) is 38.1 Å². The second-order valence-electron chi connectivity index (χ2n) is 4.21. The second-order valence-corrected chi connectivity index (χ2v) is 4.21. The van der Waals surface area contributed by atoms with Gasteiger partial charge in [0.2, 0.25) is 0 Å². The highest BCUT2D eigenvalue weighted by atomic mass is 19.1. The van der Waals surface area contributed by atoms with Crippen molar-refractivity contribution in [3.8, 4) is 0 Å². The van der Waals surface area contributed by atoms with E-state index in [2.05, 4.69) is 36.8 Å². The Kier molecular flexibility index (Phi) is 2.40. The van der Waals surface area contributed by atoms with E-state index in [0.717, 1.165) is 26.2 Å². The number of piperazine rings is 1. The van der Waals surface area contributed by atoms with Crippen molar-refractivity contribution in [3.05, 3.63) is 12.4 Å². The molecule has 2 aromatic rings. The van der Waals surface area contributed by atoms with Crippen LogP contribution in [0.2, 0.25) is 0 Å². The number of nitrogens with zero attached hydrogens (tertiary/aromatic N) is 5. The molecule has 0 unspecified atom stereocenters. The van der Waals surface area contributed by atoms with Gasteiger partial charge in [-0.05, 0) is 7.05 Å². The van der Waals surface area contributed by atoms with Gasteiger partial charge in [0.15, 0.2) is 11.5 Å². The summed E-state index contributed by atoms with van der Waals surface area (Å²) in [6, 6.07) is 0. The Labute approximate surface area is 97.5 Å². The quantitative estimate of drug-likeness (QED) is 0.719. The molecule has 6 nitrogen and oxygen atoms in total. The third-order valence-corrected chi connectivity index (χ3v) is 3.04. The van der Waals surface area contributed by atoms with E-state index in [0.29, 0.717) is 17.0 Å². The maximum atomic E-state index is 13.3. The number of likely N-dealkylation sites (N-methyl/N-ethyl adjacent to an activating group) is 1. The molecule has 0 aromatic carbocycles. The van der Waals surface area contributed by atoms with E-state index in [4.69, 9.17) is 0 Å². The summed E-state index contributed by atoms with van der Waals surface area (Å²) in [6.45, 7) is 3.56. The molecule has 1 saturated heterocycles. The lowest BCUT2D eigenvalue weighted by molar-refractivity contribution is 0.312.